The largest absolute Gasteiger partial charge is 0.493 e. The highest BCUT2D eigenvalue weighted by atomic mass is 79.9. The zero-order chi connectivity index (χ0) is 14.0. The number of aryl methyl sites for hydroxylation is 1. The van der Waals surface area contributed by atoms with Crippen LogP contribution in [0.15, 0.2) is 27.4 Å². The average Bonchev–Trinajstić information content (AvgIpc) is 2.84. The zero-order valence-electron chi connectivity index (χ0n) is 10.9. The Bertz CT molecular complexity index is 583. The smallest absolute Gasteiger partial charge is 0.161 e. The van der Waals surface area contributed by atoms with E-state index in [2.05, 4.69) is 21.3 Å². The maximum atomic E-state index is 6.56. The van der Waals surface area contributed by atoms with Gasteiger partial charge in [-0.1, -0.05) is 0 Å². The summed E-state index contributed by atoms with van der Waals surface area (Å²) in [5, 5.41) is 1.86. The standard InChI is InChI=1S/C14H14BrClO2S/c1-8-4-11(17-2)12(18-3)6-10(8)14(16)9-5-13(15)19-7-9/h4-7,14H,1-3H3. The molecule has 0 fully saturated rings. The molecule has 1 heterocycles. The van der Waals surface area contributed by atoms with Gasteiger partial charge in [-0.3, -0.25) is 0 Å². The molecule has 5 heteroatoms. The Morgan fingerprint density at radius 3 is 2.32 bits per heavy atom. The van der Waals surface area contributed by atoms with E-state index in [1.807, 2.05) is 25.1 Å². The number of thiophene rings is 1. The first-order valence-electron chi connectivity index (χ1n) is 5.67. The fourth-order valence-electron chi connectivity index (χ4n) is 1.91. The van der Waals surface area contributed by atoms with Gasteiger partial charge in [0, 0.05) is 0 Å². The van der Waals surface area contributed by atoms with Gasteiger partial charge in [0.15, 0.2) is 11.5 Å². The first-order chi connectivity index (χ1) is 9.06. The van der Waals surface area contributed by atoms with Crippen LogP contribution in [0.4, 0.5) is 0 Å². The van der Waals surface area contributed by atoms with Crippen molar-refractivity contribution in [3.63, 3.8) is 0 Å². The van der Waals surface area contributed by atoms with Gasteiger partial charge in [-0.15, -0.1) is 22.9 Å². The predicted octanol–water partition coefficient (Wildman–Crippen LogP) is 5.16. The molecule has 1 atom stereocenters. The lowest BCUT2D eigenvalue weighted by Gasteiger charge is -2.16. The van der Waals surface area contributed by atoms with E-state index in [0.717, 1.165) is 26.2 Å². The molecular weight excluding hydrogens is 348 g/mol. The summed E-state index contributed by atoms with van der Waals surface area (Å²) in [5.41, 5.74) is 3.19. The lowest BCUT2D eigenvalue weighted by molar-refractivity contribution is 0.354. The number of halogens is 2. The number of alkyl halides is 1. The second-order valence-corrected chi connectivity index (χ2v) is 6.84. The van der Waals surface area contributed by atoms with Crippen molar-refractivity contribution in [2.75, 3.05) is 14.2 Å². The quantitative estimate of drug-likeness (QED) is 0.700. The van der Waals surface area contributed by atoms with Crippen LogP contribution in [0.25, 0.3) is 0 Å². The number of rotatable bonds is 4. The summed E-state index contributed by atoms with van der Waals surface area (Å²) >= 11 is 11.6. The van der Waals surface area contributed by atoms with Gasteiger partial charge in [-0.2, -0.15) is 0 Å². The number of hydrogen-bond donors (Lipinski definition) is 0. The van der Waals surface area contributed by atoms with Crippen LogP contribution >= 0.6 is 38.9 Å². The molecule has 0 saturated heterocycles. The average molecular weight is 362 g/mol. The molecule has 1 unspecified atom stereocenters. The van der Waals surface area contributed by atoms with E-state index < -0.39 is 0 Å². The van der Waals surface area contributed by atoms with Gasteiger partial charge in [0.05, 0.1) is 23.4 Å². The third-order valence-corrected chi connectivity index (χ3v) is 4.94. The second-order valence-electron chi connectivity index (χ2n) is 4.11. The van der Waals surface area contributed by atoms with Gasteiger partial charge in [0.2, 0.25) is 0 Å². The van der Waals surface area contributed by atoms with Gasteiger partial charge >= 0.3 is 0 Å². The van der Waals surface area contributed by atoms with Crippen molar-refractivity contribution in [1.29, 1.82) is 0 Å². The van der Waals surface area contributed by atoms with E-state index in [9.17, 15) is 0 Å². The van der Waals surface area contributed by atoms with Crippen LogP contribution < -0.4 is 9.47 Å². The van der Waals surface area contributed by atoms with Crippen LogP contribution in [0.5, 0.6) is 11.5 Å². The number of benzene rings is 1. The molecule has 2 aromatic rings. The summed E-state index contributed by atoms with van der Waals surface area (Å²) in [4.78, 5) is 0. The molecule has 19 heavy (non-hydrogen) atoms. The molecule has 0 aliphatic carbocycles. The Balaban J connectivity index is 2.44. The van der Waals surface area contributed by atoms with E-state index in [4.69, 9.17) is 21.1 Å². The molecule has 0 aliphatic heterocycles. The van der Waals surface area contributed by atoms with Gasteiger partial charge in [-0.25, -0.2) is 0 Å². The van der Waals surface area contributed by atoms with Crippen LogP contribution in [0.2, 0.25) is 0 Å². The maximum absolute atomic E-state index is 6.56. The summed E-state index contributed by atoms with van der Waals surface area (Å²) in [6.45, 7) is 2.02. The lowest BCUT2D eigenvalue weighted by Crippen LogP contribution is -1.99. The zero-order valence-corrected chi connectivity index (χ0v) is 14.0. The SMILES string of the molecule is COc1cc(C)c(C(Cl)c2csc(Br)c2)cc1OC. The second kappa shape index (κ2) is 6.16. The number of methoxy groups -OCH3 is 2. The van der Waals surface area contributed by atoms with Crippen molar-refractivity contribution in [3.8, 4) is 11.5 Å². The van der Waals surface area contributed by atoms with Crippen molar-refractivity contribution in [2.45, 2.75) is 12.3 Å². The van der Waals surface area contributed by atoms with Crippen molar-refractivity contribution in [1.82, 2.24) is 0 Å². The van der Waals surface area contributed by atoms with Crippen LogP contribution in [0.1, 0.15) is 22.1 Å². The summed E-state index contributed by atoms with van der Waals surface area (Å²) in [6, 6.07) is 5.93. The molecule has 1 aromatic heterocycles. The molecule has 102 valence electrons. The maximum Gasteiger partial charge on any atom is 0.161 e. The fraction of sp³-hybridized carbons (Fsp3) is 0.286. The molecule has 0 radical (unpaired) electrons. The third-order valence-electron chi connectivity index (χ3n) is 2.93. The van der Waals surface area contributed by atoms with Gasteiger partial charge in [0.1, 0.15) is 0 Å². The molecule has 0 N–H and O–H groups in total. The van der Waals surface area contributed by atoms with E-state index in [1.165, 1.54) is 0 Å². The summed E-state index contributed by atoms with van der Waals surface area (Å²) in [6.07, 6.45) is 0. The Hall–Kier alpha value is -0.710. The highest BCUT2D eigenvalue weighted by Crippen LogP contribution is 2.39. The van der Waals surface area contributed by atoms with Crippen LogP contribution in [-0.2, 0) is 0 Å². The van der Waals surface area contributed by atoms with Crippen molar-refractivity contribution in [2.24, 2.45) is 0 Å². The Morgan fingerprint density at radius 2 is 1.79 bits per heavy atom. The molecule has 2 nitrogen and oxygen atoms in total. The van der Waals surface area contributed by atoms with Gasteiger partial charge in [0.25, 0.3) is 0 Å². The highest BCUT2D eigenvalue weighted by Gasteiger charge is 2.18. The third kappa shape index (κ3) is 3.07. The van der Waals surface area contributed by atoms with Crippen LogP contribution in [0, 0.1) is 6.92 Å². The fourth-order valence-corrected chi connectivity index (χ4v) is 3.54. The van der Waals surface area contributed by atoms with E-state index in [0.29, 0.717) is 5.75 Å². The van der Waals surface area contributed by atoms with Crippen LogP contribution in [0.3, 0.4) is 0 Å². The van der Waals surface area contributed by atoms with Gasteiger partial charge < -0.3 is 9.47 Å². The van der Waals surface area contributed by atoms with E-state index in [-0.39, 0.29) is 5.38 Å². The summed E-state index contributed by atoms with van der Waals surface area (Å²) < 4.78 is 11.7. The molecule has 0 amide bonds. The van der Waals surface area contributed by atoms with E-state index in [1.54, 1.807) is 25.6 Å². The summed E-state index contributed by atoms with van der Waals surface area (Å²) in [5.74, 6) is 1.42. The van der Waals surface area contributed by atoms with E-state index >= 15 is 0 Å². The first kappa shape index (κ1) is 14.7. The Labute approximate surface area is 130 Å². The molecule has 0 spiro atoms. The first-order valence-corrected chi connectivity index (χ1v) is 7.78. The Morgan fingerprint density at radius 1 is 1.16 bits per heavy atom. The number of hydrogen-bond acceptors (Lipinski definition) is 3. The predicted molar refractivity (Wildman–Crippen MR) is 84.0 cm³/mol. The Kier molecular flexibility index (Phi) is 4.76. The van der Waals surface area contributed by atoms with Crippen molar-refractivity contribution < 1.29 is 9.47 Å². The summed E-state index contributed by atoms with van der Waals surface area (Å²) in [7, 11) is 3.26. The number of ether oxygens (including phenoxy) is 2. The minimum atomic E-state index is -0.192. The van der Waals surface area contributed by atoms with Gasteiger partial charge in [-0.05, 0) is 63.1 Å². The monoisotopic (exact) mass is 360 g/mol. The minimum absolute atomic E-state index is 0.192. The normalized spacial score (nSPS) is 12.3. The highest BCUT2D eigenvalue weighted by molar-refractivity contribution is 9.11. The molecular formula is C14H14BrClO2S. The molecule has 0 bridgehead atoms. The minimum Gasteiger partial charge on any atom is -0.493 e. The topological polar surface area (TPSA) is 18.5 Å². The van der Waals surface area contributed by atoms with Crippen molar-refractivity contribution >= 4 is 38.9 Å². The molecule has 0 saturated carbocycles. The molecule has 2 rings (SSSR count). The van der Waals surface area contributed by atoms with Crippen molar-refractivity contribution in [3.05, 3.63) is 44.1 Å². The molecule has 0 aliphatic rings. The lowest BCUT2D eigenvalue weighted by atomic mass is 10.0. The molecule has 1 aromatic carbocycles. The van der Waals surface area contributed by atoms with Crippen LogP contribution in [-0.4, -0.2) is 14.2 Å².